The smallest absolute Gasteiger partial charge is 0.191 e. The molecule has 0 bridgehead atoms. The van der Waals surface area contributed by atoms with Gasteiger partial charge in [0.2, 0.25) is 0 Å². The fourth-order valence-corrected chi connectivity index (χ4v) is 3.12. The van der Waals surface area contributed by atoms with Crippen LogP contribution in [-0.2, 0) is 11.3 Å². The van der Waals surface area contributed by atoms with Crippen molar-refractivity contribution < 1.29 is 9.47 Å². The van der Waals surface area contributed by atoms with E-state index in [-0.39, 0.29) is 0 Å². The van der Waals surface area contributed by atoms with E-state index in [2.05, 4.69) is 28.3 Å². The van der Waals surface area contributed by atoms with Gasteiger partial charge in [0, 0.05) is 39.4 Å². The van der Waals surface area contributed by atoms with Crippen LogP contribution in [0.2, 0.25) is 0 Å². The molecule has 1 aliphatic carbocycles. The molecule has 138 valence electrons. The van der Waals surface area contributed by atoms with Gasteiger partial charge in [-0.15, -0.1) is 0 Å². The van der Waals surface area contributed by atoms with Crippen molar-refractivity contribution in [1.82, 2.24) is 10.6 Å². The molecule has 0 heterocycles. The highest BCUT2D eigenvalue weighted by molar-refractivity contribution is 5.79. The minimum absolute atomic E-state index is 0.360. The summed E-state index contributed by atoms with van der Waals surface area (Å²) in [5, 5.41) is 6.86. The number of hydrogen-bond acceptors (Lipinski definition) is 3. The van der Waals surface area contributed by atoms with E-state index < -0.39 is 0 Å². The summed E-state index contributed by atoms with van der Waals surface area (Å²) in [4.78, 5) is 4.34. The van der Waals surface area contributed by atoms with Crippen molar-refractivity contribution in [1.29, 1.82) is 0 Å². The van der Waals surface area contributed by atoms with Gasteiger partial charge in [0.1, 0.15) is 12.4 Å². The molecule has 0 aromatic heterocycles. The Kier molecular flexibility index (Phi) is 7.79. The van der Waals surface area contributed by atoms with Gasteiger partial charge in [-0.1, -0.05) is 37.3 Å². The summed E-state index contributed by atoms with van der Waals surface area (Å²) >= 11 is 0. The van der Waals surface area contributed by atoms with Crippen LogP contribution in [0, 0.1) is 5.41 Å². The number of methoxy groups -OCH3 is 1. The summed E-state index contributed by atoms with van der Waals surface area (Å²) in [6.07, 6.45) is 6.69. The minimum Gasteiger partial charge on any atom is -0.489 e. The van der Waals surface area contributed by atoms with Crippen molar-refractivity contribution in [2.24, 2.45) is 10.4 Å². The molecule has 0 unspecified atom stereocenters. The average molecular weight is 345 g/mol. The number of ether oxygens (including phenoxy) is 2. The zero-order valence-corrected chi connectivity index (χ0v) is 15.5. The van der Waals surface area contributed by atoms with Crippen molar-refractivity contribution in [3.05, 3.63) is 42.5 Å². The number of hydrogen-bond donors (Lipinski definition) is 2. The number of nitrogens with zero attached hydrogens (tertiary/aromatic N) is 1. The van der Waals surface area contributed by atoms with Crippen LogP contribution in [0.5, 0.6) is 5.75 Å². The van der Waals surface area contributed by atoms with E-state index >= 15 is 0 Å². The molecule has 0 amide bonds. The monoisotopic (exact) mass is 345 g/mol. The van der Waals surface area contributed by atoms with Gasteiger partial charge in [-0.3, -0.25) is 4.99 Å². The standard InChI is InChI=1S/C20H31N3O2/c1-4-13-25-18-9-6-5-8-17(18)15-22-19(21-2)23-16-20(10-7-11-20)12-14-24-3/h4-6,8-9H,1,7,10-16H2,2-3H3,(H2,21,22,23). The minimum atomic E-state index is 0.360. The highest BCUT2D eigenvalue weighted by Gasteiger charge is 2.36. The third kappa shape index (κ3) is 5.78. The molecule has 2 rings (SSSR count). The Morgan fingerprint density at radius 3 is 2.76 bits per heavy atom. The Balaban J connectivity index is 1.85. The summed E-state index contributed by atoms with van der Waals surface area (Å²) < 4.78 is 11.0. The lowest BCUT2D eigenvalue weighted by molar-refractivity contribution is 0.0732. The fourth-order valence-electron chi connectivity index (χ4n) is 3.12. The Hall–Kier alpha value is -2.01. The van der Waals surface area contributed by atoms with Gasteiger partial charge in [0.25, 0.3) is 0 Å². The molecule has 25 heavy (non-hydrogen) atoms. The zero-order valence-electron chi connectivity index (χ0n) is 15.5. The van der Waals surface area contributed by atoms with Gasteiger partial charge >= 0.3 is 0 Å². The van der Waals surface area contributed by atoms with Gasteiger partial charge in [0.15, 0.2) is 5.96 Å². The van der Waals surface area contributed by atoms with Gasteiger partial charge in [-0.05, 0) is 30.7 Å². The Morgan fingerprint density at radius 2 is 2.12 bits per heavy atom. The lowest BCUT2D eigenvalue weighted by Gasteiger charge is -2.42. The van der Waals surface area contributed by atoms with E-state index in [4.69, 9.17) is 9.47 Å². The average Bonchev–Trinajstić information content (AvgIpc) is 2.61. The molecule has 0 radical (unpaired) electrons. The lowest BCUT2D eigenvalue weighted by Crippen LogP contribution is -2.46. The lowest BCUT2D eigenvalue weighted by atomic mass is 9.67. The number of nitrogens with one attached hydrogen (secondary N) is 2. The predicted molar refractivity (Wildman–Crippen MR) is 103 cm³/mol. The van der Waals surface area contributed by atoms with Crippen LogP contribution < -0.4 is 15.4 Å². The Morgan fingerprint density at radius 1 is 1.32 bits per heavy atom. The fraction of sp³-hybridized carbons (Fsp3) is 0.550. The number of aliphatic imine (C=N–C) groups is 1. The molecule has 0 spiro atoms. The maximum Gasteiger partial charge on any atom is 0.191 e. The normalized spacial score (nSPS) is 16.0. The quantitative estimate of drug-likeness (QED) is 0.389. The van der Waals surface area contributed by atoms with Crippen molar-refractivity contribution in [2.45, 2.75) is 32.2 Å². The second kappa shape index (κ2) is 10.1. The van der Waals surface area contributed by atoms with Crippen molar-refractivity contribution >= 4 is 5.96 Å². The van der Waals surface area contributed by atoms with E-state index in [1.165, 1.54) is 19.3 Å². The first-order chi connectivity index (χ1) is 12.2. The summed E-state index contributed by atoms with van der Waals surface area (Å²) in [5.41, 5.74) is 1.46. The van der Waals surface area contributed by atoms with Gasteiger partial charge in [-0.2, -0.15) is 0 Å². The van der Waals surface area contributed by atoms with E-state index in [1.807, 2.05) is 18.2 Å². The predicted octanol–water partition coefficient (Wildman–Crippen LogP) is 3.12. The van der Waals surface area contributed by atoms with Gasteiger partial charge < -0.3 is 20.1 Å². The second-order valence-corrected chi connectivity index (χ2v) is 6.58. The molecule has 1 aliphatic rings. The summed E-state index contributed by atoms with van der Waals surface area (Å²) in [5.74, 6) is 1.70. The molecule has 5 heteroatoms. The zero-order chi connectivity index (χ0) is 18.0. The largest absolute Gasteiger partial charge is 0.489 e. The topological polar surface area (TPSA) is 54.9 Å². The van der Waals surface area contributed by atoms with Crippen LogP contribution in [0.1, 0.15) is 31.2 Å². The van der Waals surface area contributed by atoms with Crippen LogP contribution >= 0.6 is 0 Å². The van der Waals surface area contributed by atoms with Crippen LogP contribution in [0.15, 0.2) is 41.9 Å². The maximum atomic E-state index is 5.71. The van der Waals surface area contributed by atoms with Crippen molar-refractivity contribution in [3.8, 4) is 5.75 Å². The first-order valence-corrected chi connectivity index (χ1v) is 8.98. The summed E-state index contributed by atoms with van der Waals surface area (Å²) in [7, 11) is 3.57. The molecule has 1 aromatic carbocycles. The molecule has 1 aromatic rings. The maximum absolute atomic E-state index is 5.71. The van der Waals surface area contributed by atoms with E-state index in [9.17, 15) is 0 Å². The summed E-state index contributed by atoms with van der Waals surface area (Å²) in [6.45, 7) is 6.62. The van der Waals surface area contributed by atoms with Crippen LogP contribution in [0.25, 0.3) is 0 Å². The highest BCUT2D eigenvalue weighted by atomic mass is 16.5. The molecular weight excluding hydrogens is 314 g/mol. The van der Waals surface area contributed by atoms with Gasteiger partial charge in [0.05, 0.1) is 0 Å². The highest BCUT2D eigenvalue weighted by Crippen LogP contribution is 2.43. The molecule has 5 nitrogen and oxygen atoms in total. The summed E-state index contributed by atoms with van der Waals surface area (Å²) in [6, 6.07) is 8.03. The number of rotatable bonds is 10. The number of guanidine groups is 1. The van der Waals surface area contributed by atoms with Crippen LogP contribution in [-0.4, -0.2) is 39.9 Å². The molecule has 1 saturated carbocycles. The van der Waals surface area contributed by atoms with Crippen molar-refractivity contribution in [3.63, 3.8) is 0 Å². The molecule has 2 N–H and O–H groups in total. The Labute approximate surface area is 151 Å². The van der Waals surface area contributed by atoms with E-state index in [0.29, 0.717) is 18.6 Å². The van der Waals surface area contributed by atoms with Gasteiger partial charge in [-0.25, -0.2) is 0 Å². The number of benzene rings is 1. The third-order valence-electron chi connectivity index (χ3n) is 4.88. The van der Waals surface area contributed by atoms with Crippen LogP contribution in [0.3, 0.4) is 0 Å². The third-order valence-corrected chi connectivity index (χ3v) is 4.88. The first-order valence-electron chi connectivity index (χ1n) is 8.98. The molecular formula is C20H31N3O2. The SMILES string of the molecule is C=CCOc1ccccc1CNC(=NC)NCC1(CCOC)CCC1. The molecule has 0 atom stereocenters. The molecule has 1 fully saturated rings. The van der Waals surface area contributed by atoms with E-state index in [1.54, 1.807) is 20.2 Å². The molecule has 0 aliphatic heterocycles. The second-order valence-electron chi connectivity index (χ2n) is 6.58. The van der Waals surface area contributed by atoms with Crippen molar-refractivity contribution in [2.75, 3.05) is 33.9 Å². The number of para-hydroxylation sites is 1. The Bertz CT molecular complexity index is 568. The first kappa shape index (κ1) is 19.3. The van der Waals surface area contributed by atoms with Crippen LogP contribution in [0.4, 0.5) is 0 Å². The molecule has 0 saturated heterocycles. The van der Waals surface area contributed by atoms with E-state index in [0.717, 1.165) is 36.8 Å².